The Bertz CT molecular complexity index is 1350. The molecule has 0 bridgehead atoms. The SMILES string of the molecule is CCOC(=O)c1c(NC(=O)Cn2cnc3c2c(=O)n(C)c(=O)n3C)sc2c1CC[C@H](C)C2. The molecule has 0 saturated carbocycles. The summed E-state index contributed by atoms with van der Waals surface area (Å²) in [5.74, 6) is -0.330. The maximum Gasteiger partial charge on any atom is 0.341 e. The maximum absolute atomic E-state index is 12.9. The van der Waals surface area contributed by atoms with Gasteiger partial charge >= 0.3 is 11.7 Å². The van der Waals surface area contributed by atoms with Crippen LogP contribution in [-0.4, -0.2) is 37.2 Å². The van der Waals surface area contributed by atoms with Crippen molar-refractivity contribution < 1.29 is 14.3 Å². The molecule has 32 heavy (non-hydrogen) atoms. The molecule has 1 aliphatic rings. The molecule has 1 N–H and O–H groups in total. The topological polar surface area (TPSA) is 117 Å². The predicted octanol–water partition coefficient (Wildman–Crippen LogP) is 1.44. The lowest BCUT2D eigenvalue weighted by molar-refractivity contribution is -0.116. The van der Waals surface area contributed by atoms with E-state index in [1.807, 2.05) is 0 Å². The fraction of sp³-hybridized carbons (Fsp3) is 0.476. The van der Waals surface area contributed by atoms with E-state index >= 15 is 0 Å². The number of anilines is 1. The number of aryl methyl sites for hydroxylation is 1. The van der Waals surface area contributed by atoms with E-state index in [4.69, 9.17) is 4.74 Å². The smallest absolute Gasteiger partial charge is 0.341 e. The summed E-state index contributed by atoms with van der Waals surface area (Å²) in [6.45, 7) is 3.97. The zero-order chi connectivity index (χ0) is 23.2. The van der Waals surface area contributed by atoms with Crippen LogP contribution in [-0.2, 0) is 43.0 Å². The van der Waals surface area contributed by atoms with Gasteiger partial charge in [0, 0.05) is 19.0 Å². The molecule has 170 valence electrons. The van der Waals surface area contributed by atoms with Crippen molar-refractivity contribution in [2.45, 2.75) is 39.7 Å². The number of ether oxygens (including phenoxy) is 1. The monoisotopic (exact) mass is 459 g/mol. The second-order valence-electron chi connectivity index (χ2n) is 8.07. The van der Waals surface area contributed by atoms with Gasteiger partial charge in [0.15, 0.2) is 11.2 Å². The van der Waals surface area contributed by atoms with Gasteiger partial charge in [-0.15, -0.1) is 11.3 Å². The molecule has 4 rings (SSSR count). The molecule has 11 heteroatoms. The summed E-state index contributed by atoms with van der Waals surface area (Å²) in [6, 6.07) is 0. The number of imidazole rings is 1. The third-order valence-corrected chi connectivity index (χ3v) is 6.95. The number of esters is 1. The summed E-state index contributed by atoms with van der Waals surface area (Å²) >= 11 is 1.41. The quantitative estimate of drug-likeness (QED) is 0.577. The molecule has 1 amide bonds. The third-order valence-electron chi connectivity index (χ3n) is 5.78. The summed E-state index contributed by atoms with van der Waals surface area (Å²) in [5, 5.41) is 3.31. The largest absolute Gasteiger partial charge is 0.462 e. The van der Waals surface area contributed by atoms with Crippen LogP contribution in [0.1, 0.15) is 41.1 Å². The molecule has 0 fully saturated rings. The van der Waals surface area contributed by atoms with Gasteiger partial charge in [0.1, 0.15) is 11.5 Å². The van der Waals surface area contributed by atoms with Gasteiger partial charge < -0.3 is 14.6 Å². The minimum Gasteiger partial charge on any atom is -0.462 e. The van der Waals surface area contributed by atoms with Crippen molar-refractivity contribution >= 4 is 39.4 Å². The molecule has 10 nitrogen and oxygen atoms in total. The minimum atomic E-state index is -0.527. The number of carbonyl (C=O) groups is 2. The molecular weight excluding hydrogens is 434 g/mol. The predicted molar refractivity (Wildman–Crippen MR) is 120 cm³/mol. The number of hydrogen-bond donors (Lipinski definition) is 1. The molecule has 0 aromatic carbocycles. The van der Waals surface area contributed by atoms with Crippen LogP contribution in [0.3, 0.4) is 0 Å². The first kappa shape index (κ1) is 22.0. The Morgan fingerprint density at radius 1 is 1.28 bits per heavy atom. The highest BCUT2D eigenvalue weighted by atomic mass is 32.1. The highest BCUT2D eigenvalue weighted by Crippen LogP contribution is 2.40. The van der Waals surface area contributed by atoms with E-state index in [9.17, 15) is 19.2 Å². The number of rotatable bonds is 5. The van der Waals surface area contributed by atoms with Crippen molar-refractivity contribution in [3.63, 3.8) is 0 Å². The first-order chi connectivity index (χ1) is 15.2. The van der Waals surface area contributed by atoms with Crippen molar-refractivity contribution in [2.75, 3.05) is 11.9 Å². The molecule has 1 aliphatic carbocycles. The highest BCUT2D eigenvalue weighted by Gasteiger charge is 2.29. The van der Waals surface area contributed by atoms with Gasteiger partial charge in [-0.1, -0.05) is 6.92 Å². The molecule has 0 spiro atoms. The summed E-state index contributed by atoms with van der Waals surface area (Å²) in [6.07, 6.45) is 3.97. The van der Waals surface area contributed by atoms with Crippen LogP contribution in [0.2, 0.25) is 0 Å². The number of thiophene rings is 1. The van der Waals surface area contributed by atoms with Crippen LogP contribution in [0, 0.1) is 5.92 Å². The average Bonchev–Trinajstić information content (AvgIpc) is 3.31. The molecule has 1 atom stereocenters. The summed E-state index contributed by atoms with van der Waals surface area (Å²) in [7, 11) is 2.90. The Balaban J connectivity index is 1.66. The number of carbonyl (C=O) groups excluding carboxylic acids is 2. The lowest BCUT2D eigenvalue weighted by Gasteiger charge is -2.18. The third kappa shape index (κ3) is 3.66. The van der Waals surface area contributed by atoms with Crippen LogP contribution in [0.25, 0.3) is 11.2 Å². The Hall–Kier alpha value is -3.21. The van der Waals surface area contributed by atoms with Gasteiger partial charge in [0.2, 0.25) is 5.91 Å². The fourth-order valence-electron chi connectivity index (χ4n) is 4.10. The number of aromatic nitrogens is 4. The molecule has 3 heterocycles. The highest BCUT2D eigenvalue weighted by molar-refractivity contribution is 7.17. The summed E-state index contributed by atoms with van der Waals surface area (Å²) in [4.78, 5) is 55.5. The normalized spacial score (nSPS) is 15.6. The van der Waals surface area contributed by atoms with E-state index in [1.165, 1.54) is 40.9 Å². The van der Waals surface area contributed by atoms with E-state index in [0.717, 1.165) is 34.3 Å². The van der Waals surface area contributed by atoms with Crippen molar-refractivity contribution in [1.29, 1.82) is 0 Å². The van der Waals surface area contributed by atoms with Crippen molar-refractivity contribution in [3.8, 4) is 0 Å². The Kier molecular flexibility index (Phi) is 5.76. The standard InChI is InChI=1S/C21H25N5O5S/c1-5-31-20(29)15-12-7-6-11(2)8-13(12)32-18(15)23-14(27)9-26-10-22-17-16(26)19(28)25(4)21(30)24(17)3/h10-11H,5-9H2,1-4H3,(H,23,27)/t11-/m0/s1. The number of fused-ring (bicyclic) bond motifs is 2. The van der Waals surface area contributed by atoms with Gasteiger partial charge in [0.05, 0.1) is 18.5 Å². The second-order valence-corrected chi connectivity index (χ2v) is 9.18. The number of nitrogens with one attached hydrogen (secondary N) is 1. The molecule has 0 radical (unpaired) electrons. The van der Waals surface area contributed by atoms with Crippen LogP contribution in [0.5, 0.6) is 0 Å². The van der Waals surface area contributed by atoms with E-state index in [0.29, 0.717) is 16.5 Å². The zero-order valence-corrected chi connectivity index (χ0v) is 19.2. The molecular formula is C21H25N5O5S. The van der Waals surface area contributed by atoms with Crippen molar-refractivity contribution in [3.05, 3.63) is 43.2 Å². The lowest BCUT2D eigenvalue weighted by atomic mass is 9.88. The summed E-state index contributed by atoms with van der Waals surface area (Å²) in [5.41, 5.74) is 0.740. The Morgan fingerprint density at radius 3 is 2.75 bits per heavy atom. The van der Waals surface area contributed by atoms with Crippen molar-refractivity contribution in [1.82, 2.24) is 18.7 Å². The van der Waals surface area contributed by atoms with E-state index in [1.54, 1.807) is 6.92 Å². The lowest BCUT2D eigenvalue weighted by Crippen LogP contribution is -2.37. The molecule has 0 saturated heterocycles. The molecule has 3 aromatic rings. The molecule has 3 aromatic heterocycles. The van der Waals surface area contributed by atoms with Gasteiger partial charge in [0.25, 0.3) is 5.56 Å². The van der Waals surface area contributed by atoms with Gasteiger partial charge in [-0.3, -0.25) is 18.7 Å². The van der Waals surface area contributed by atoms with Crippen LogP contribution in [0.15, 0.2) is 15.9 Å². The van der Waals surface area contributed by atoms with Gasteiger partial charge in [-0.05, 0) is 37.7 Å². The van der Waals surface area contributed by atoms with E-state index in [2.05, 4.69) is 17.2 Å². The summed E-state index contributed by atoms with van der Waals surface area (Å²) < 4.78 is 8.89. The molecule has 0 aliphatic heterocycles. The van der Waals surface area contributed by atoms with Crippen LogP contribution in [0.4, 0.5) is 5.00 Å². The van der Waals surface area contributed by atoms with Gasteiger partial charge in [-0.2, -0.15) is 0 Å². The maximum atomic E-state index is 12.9. The zero-order valence-electron chi connectivity index (χ0n) is 18.4. The van der Waals surface area contributed by atoms with E-state index < -0.39 is 23.1 Å². The molecule has 0 unspecified atom stereocenters. The minimum absolute atomic E-state index is 0.162. The average molecular weight is 460 g/mol. The first-order valence-electron chi connectivity index (χ1n) is 10.4. The Labute approximate surface area is 187 Å². The van der Waals surface area contributed by atoms with Crippen LogP contribution >= 0.6 is 11.3 Å². The number of hydrogen-bond acceptors (Lipinski definition) is 7. The van der Waals surface area contributed by atoms with E-state index in [-0.39, 0.29) is 24.3 Å². The van der Waals surface area contributed by atoms with Gasteiger partial charge in [-0.25, -0.2) is 14.6 Å². The fourth-order valence-corrected chi connectivity index (χ4v) is 5.51. The van der Waals surface area contributed by atoms with Crippen LogP contribution < -0.4 is 16.6 Å². The number of nitrogens with zero attached hydrogens (tertiary/aromatic N) is 4. The number of amides is 1. The first-order valence-corrected chi connectivity index (χ1v) is 11.3. The Morgan fingerprint density at radius 2 is 2.03 bits per heavy atom. The second kappa shape index (κ2) is 8.38. The van der Waals surface area contributed by atoms with Crippen molar-refractivity contribution in [2.24, 2.45) is 20.0 Å².